The van der Waals surface area contributed by atoms with Crippen molar-refractivity contribution in [2.45, 2.75) is 17.7 Å². The first-order chi connectivity index (χ1) is 15.9. The zero-order valence-electron chi connectivity index (χ0n) is 18.4. The number of nitrogens with one attached hydrogen (secondary N) is 2. The van der Waals surface area contributed by atoms with E-state index < -0.39 is 10.0 Å². The van der Waals surface area contributed by atoms with Crippen molar-refractivity contribution in [3.05, 3.63) is 72.3 Å². The zero-order valence-corrected chi connectivity index (χ0v) is 20.0. The second-order valence-corrected chi connectivity index (χ2v) is 9.75. The quantitative estimate of drug-likeness (QED) is 0.494. The van der Waals surface area contributed by atoms with Crippen molar-refractivity contribution < 1.29 is 17.9 Å². The summed E-state index contributed by atoms with van der Waals surface area (Å²) in [6.07, 6.45) is 1.68. The second kappa shape index (κ2) is 9.68. The Morgan fingerprint density at radius 2 is 1.58 bits per heavy atom. The molecule has 3 aromatic rings. The van der Waals surface area contributed by atoms with E-state index in [0.29, 0.717) is 28.8 Å². The van der Waals surface area contributed by atoms with Crippen LogP contribution in [-0.4, -0.2) is 34.3 Å². The van der Waals surface area contributed by atoms with Crippen molar-refractivity contribution in [2.75, 3.05) is 35.7 Å². The van der Waals surface area contributed by atoms with Gasteiger partial charge in [0.1, 0.15) is 0 Å². The number of benzene rings is 3. The van der Waals surface area contributed by atoms with Crippen LogP contribution in [0.15, 0.2) is 71.6 Å². The number of nitrogens with zero attached hydrogens (tertiary/aromatic N) is 1. The Balaban J connectivity index is 1.46. The summed E-state index contributed by atoms with van der Waals surface area (Å²) in [5.74, 6) is 1.20. The minimum atomic E-state index is -3.65. The van der Waals surface area contributed by atoms with Gasteiger partial charge in [-0.25, -0.2) is 8.42 Å². The third kappa shape index (κ3) is 4.89. The van der Waals surface area contributed by atoms with Gasteiger partial charge in [-0.2, -0.15) is 0 Å². The highest BCUT2D eigenvalue weighted by atomic mass is 32.2. The van der Waals surface area contributed by atoms with E-state index in [9.17, 15) is 8.42 Å². The van der Waals surface area contributed by atoms with Crippen LogP contribution in [0.25, 0.3) is 0 Å². The van der Waals surface area contributed by atoms with E-state index >= 15 is 0 Å². The van der Waals surface area contributed by atoms with E-state index in [1.807, 2.05) is 30.3 Å². The predicted octanol–water partition coefficient (Wildman–Crippen LogP) is 4.65. The maximum absolute atomic E-state index is 13.3. The van der Waals surface area contributed by atoms with E-state index in [2.05, 4.69) is 10.6 Å². The molecule has 1 heterocycles. The molecule has 0 aromatic heterocycles. The van der Waals surface area contributed by atoms with Gasteiger partial charge in [0, 0.05) is 24.0 Å². The number of rotatable bonds is 6. The topological polar surface area (TPSA) is 79.9 Å². The molecule has 33 heavy (non-hydrogen) atoms. The van der Waals surface area contributed by atoms with Crippen LogP contribution < -0.4 is 24.4 Å². The van der Waals surface area contributed by atoms with Crippen molar-refractivity contribution >= 4 is 44.4 Å². The van der Waals surface area contributed by atoms with Crippen molar-refractivity contribution in [3.63, 3.8) is 0 Å². The SMILES string of the molecule is COc1ccc(NC(=S)Nc2ccc(S(=O)(=O)N3CCCc4ccccc43)cc2)cc1OC. The average Bonchev–Trinajstić information content (AvgIpc) is 2.83. The smallest absolute Gasteiger partial charge is 0.264 e. The highest BCUT2D eigenvalue weighted by Crippen LogP contribution is 2.32. The van der Waals surface area contributed by atoms with Gasteiger partial charge in [0.25, 0.3) is 10.0 Å². The largest absolute Gasteiger partial charge is 0.493 e. The molecular weight excluding hydrogens is 458 g/mol. The molecule has 172 valence electrons. The number of ether oxygens (including phenoxy) is 2. The lowest BCUT2D eigenvalue weighted by Gasteiger charge is -2.30. The lowest BCUT2D eigenvalue weighted by Crippen LogP contribution is -2.35. The van der Waals surface area contributed by atoms with Crippen LogP contribution in [0.3, 0.4) is 0 Å². The molecule has 1 aliphatic rings. The number of fused-ring (bicyclic) bond motifs is 1. The molecule has 0 spiro atoms. The third-order valence-electron chi connectivity index (χ3n) is 5.41. The molecule has 0 atom stereocenters. The standard InChI is InChI=1S/C24H25N3O4S2/c1-30-22-14-11-19(16-23(22)31-2)26-24(32)25-18-9-12-20(13-10-18)33(28,29)27-15-5-7-17-6-3-4-8-21(17)27/h3-4,6,8-14,16H,5,7,15H2,1-2H3,(H2,25,26,32). The maximum atomic E-state index is 13.3. The fraction of sp³-hybridized carbons (Fsp3) is 0.208. The summed E-state index contributed by atoms with van der Waals surface area (Å²) in [7, 11) is -0.512. The first kappa shape index (κ1) is 22.9. The van der Waals surface area contributed by atoms with Gasteiger partial charge in [0.15, 0.2) is 16.6 Å². The van der Waals surface area contributed by atoms with Crippen molar-refractivity contribution in [1.29, 1.82) is 0 Å². The molecule has 9 heteroatoms. The molecule has 0 bridgehead atoms. The lowest BCUT2D eigenvalue weighted by atomic mass is 10.0. The van der Waals surface area contributed by atoms with Crippen LogP contribution in [0, 0.1) is 0 Å². The van der Waals surface area contributed by atoms with Crippen molar-refractivity contribution in [3.8, 4) is 11.5 Å². The number of methoxy groups -OCH3 is 2. The second-order valence-electron chi connectivity index (χ2n) is 7.48. The number of thiocarbonyl (C=S) groups is 1. The molecule has 0 unspecified atom stereocenters. The molecule has 0 radical (unpaired) electrons. The molecule has 2 N–H and O–H groups in total. The zero-order chi connectivity index (χ0) is 23.4. The summed E-state index contributed by atoms with van der Waals surface area (Å²) in [4.78, 5) is 0.239. The Morgan fingerprint density at radius 1 is 0.909 bits per heavy atom. The van der Waals surface area contributed by atoms with Gasteiger partial charge in [-0.05, 0) is 73.1 Å². The fourth-order valence-electron chi connectivity index (χ4n) is 3.79. The van der Waals surface area contributed by atoms with Crippen LogP contribution in [-0.2, 0) is 16.4 Å². The number of hydrogen-bond donors (Lipinski definition) is 2. The Morgan fingerprint density at radius 3 is 2.30 bits per heavy atom. The lowest BCUT2D eigenvalue weighted by molar-refractivity contribution is 0.355. The molecule has 0 aliphatic carbocycles. The van der Waals surface area contributed by atoms with Gasteiger partial charge in [-0.15, -0.1) is 0 Å². The van der Waals surface area contributed by atoms with E-state index in [0.717, 1.165) is 29.8 Å². The summed E-state index contributed by atoms with van der Waals surface area (Å²) in [5, 5.41) is 6.52. The average molecular weight is 484 g/mol. The molecule has 4 rings (SSSR count). The van der Waals surface area contributed by atoms with Crippen LogP contribution >= 0.6 is 12.2 Å². The van der Waals surface area contributed by atoms with Gasteiger partial charge in [0.05, 0.1) is 24.8 Å². The number of aryl methyl sites for hydroxylation is 1. The van der Waals surface area contributed by atoms with Gasteiger partial charge >= 0.3 is 0 Å². The monoisotopic (exact) mass is 483 g/mol. The Kier molecular flexibility index (Phi) is 6.71. The Labute approximate surface area is 199 Å². The number of hydrogen-bond acceptors (Lipinski definition) is 5. The molecule has 0 saturated carbocycles. The van der Waals surface area contributed by atoms with Gasteiger partial charge in [-0.1, -0.05) is 18.2 Å². The van der Waals surface area contributed by atoms with Crippen LogP contribution in [0.4, 0.5) is 17.1 Å². The summed E-state index contributed by atoms with van der Waals surface area (Å²) < 4.78 is 38.6. The van der Waals surface area contributed by atoms with Gasteiger partial charge < -0.3 is 20.1 Å². The van der Waals surface area contributed by atoms with Crippen LogP contribution in [0.1, 0.15) is 12.0 Å². The highest BCUT2D eigenvalue weighted by molar-refractivity contribution is 7.92. The van der Waals surface area contributed by atoms with E-state index in [4.69, 9.17) is 21.7 Å². The maximum Gasteiger partial charge on any atom is 0.264 e. The first-order valence-corrected chi connectivity index (χ1v) is 12.3. The fourth-order valence-corrected chi connectivity index (χ4v) is 5.57. The molecule has 0 fully saturated rings. The van der Waals surface area contributed by atoms with Crippen molar-refractivity contribution in [1.82, 2.24) is 0 Å². The predicted molar refractivity (Wildman–Crippen MR) is 135 cm³/mol. The summed E-state index contributed by atoms with van der Waals surface area (Å²) in [6.45, 7) is 0.471. The number of anilines is 3. The van der Waals surface area contributed by atoms with Crippen LogP contribution in [0.5, 0.6) is 11.5 Å². The van der Waals surface area contributed by atoms with E-state index in [1.165, 1.54) is 4.31 Å². The number of para-hydroxylation sites is 1. The van der Waals surface area contributed by atoms with Crippen LogP contribution in [0.2, 0.25) is 0 Å². The number of sulfonamides is 1. The summed E-state index contributed by atoms with van der Waals surface area (Å²) in [5.41, 5.74) is 3.21. The van der Waals surface area contributed by atoms with Gasteiger partial charge in [-0.3, -0.25) is 4.31 Å². The Hall–Kier alpha value is -3.30. The molecule has 7 nitrogen and oxygen atoms in total. The molecule has 1 aliphatic heterocycles. The third-order valence-corrected chi connectivity index (χ3v) is 7.44. The summed E-state index contributed by atoms with van der Waals surface area (Å²) in [6, 6.07) is 19.6. The molecule has 3 aromatic carbocycles. The van der Waals surface area contributed by atoms with Gasteiger partial charge in [0.2, 0.25) is 0 Å². The minimum Gasteiger partial charge on any atom is -0.493 e. The summed E-state index contributed by atoms with van der Waals surface area (Å²) >= 11 is 5.39. The van der Waals surface area contributed by atoms with Crippen molar-refractivity contribution in [2.24, 2.45) is 0 Å². The Bertz CT molecular complexity index is 1260. The van der Waals surface area contributed by atoms with E-state index in [-0.39, 0.29) is 4.90 Å². The molecule has 0 amide bonds. The normalized spacial score (nSPS) is 13.1. The first-order valence-electron chi connectivity index (χ1n) is 10.4. The minimum absolute atomic E-state index is 0.239. The van der Waals surface area contributed by atoms with E-state index in [1.54, 1.807) is 50.6 Å². The molecule has 0 saturated heterocycles. The molecular formula is C24H25N3O4S2. The highest BCUT2D eigenvalue weighted by Gasteiger charge is 2.28.